The summed E-state index contributed by atoms with van der Waals surface area (Å²) in [5.74, 6) is 1.11. The van der Waals surface area contributed by atoms with E-state index >= 15 is 0 Å². The van der Waals surface area contributed by atoms with E-state index in [0.29, 0.717) is 22.2 Å². The maximum Gasteiger partial charge on any atom is 0.262 e. The Morgan fingerprint density at radius 1 is 1.12 bits per heavy atom. The molecular formula is C19H22ClNO3. The van der Waals surface area contributed by atoms with Gasteiger partial charge in [-0.3, -0.25) is 4.79 Å². The molecule has 2 rings (SSSR count). The van der Waals surface area contributed by atoms with Crippen molar-refractivity contribution in [3.8, 4) is 11.5 Å². The van der Waals surface area contributed by atoms with Crippen molar-refractivity contribution in [2.45, 2.75) is 33.8 Å². The van der Waals surface area contributed by atoms with Gasteiger partial charge in [0.05, 0.1) is 6.10 Å². The van der Waals surface area contributed by atoms with Gasteiger partial charge in [0, 0.05) is 16.8 Å². The Labute approximate surface area is 147 Å². The second-order valence-corrected chi connectivity index (χ2v) is 6.28. The molecule has 0 aromatic heterocycles. The minimum atomic E-state index is -0.234. The molecule has 0 saturated heterocycles. The van der Waals surface area contributed by atoms with E-state index in [0.717, 1.165) is 11.1 Å². The summed E-state index contributed by atoms with van der Waals surface area (Å²) >= 11 is 6.12. The summed E-state index contributed by atoms with van der Waals surface area (Å²) < 4.78 is 11.2. The van der Waals surface area contributed by atoms with E-state index in [1.807, 2.05) is 58.0 Å². The molecule has 2 aromatic carbocycles. The van der Waals surface area contributed by atoms with Gasteiger partial charge in [-0.25, -0.2) is 0 Å². The molecule has 0 radical (unpaired) electrons. The predicted molar refractivity (Wildman–Crippen MR) is 97.3 cm³/mol. The number of anilines is 1. The van der Waals surface area contributed by atoms with Crippen molar-refractivity contribution in [1.82, 2.24) is 0 Å². The summed E-state index contributed by atoms with van der Waals surface area (Å²) in [7, 11) is 0. The summed E-state index contributed by atoms with van der Waals surface area (Å²) in [6.45, 7) is 7.64. The van der Waals surface area contributed by atoms with Crippen LogP contribution in [-0.2, 0) is 4.79 Å². The van der Waals surface area contributed by atoms with Gasteiger partial charge in [-0.15, -0.1) is 0 Å². The van der Waals surface area contributed by atoms with Gasteiger partial charge in [0.2, 0.25) is 0 Å². The second kappa shape index (κ2) is 8.06. The second-order valence-electron chi connectivity index (χ2n) is 5.90. The number of amides is 1. The van der Waals surface area contributed by atoms with E-state index in [2.05, 4.69) is 5.32 Å². The van der Waals surface area contributed by atoms with Gasteiger partial charge in [-0.2, -0.15) is 0 Å². The summed E-state index contributed by atoms with van der Waals surface area (Å²) in [4.78, 5) is 12.1. The van der Waals surface area contributed by atoms with Crippen LogP contribution in [-0.4, -0.2) is 18.6 Å². The van der Waals surface area contributed by atoms with Gasteiger partial charge in [-0.05, 0) is 63.1 Å². The van der Waals surface area contributed by atoms with Crippen LogP contribution < -0.4 is 14.8 Å². The lowest BCUT2D eigenvalue weighted by atomic mass is 10.1. The number of rotatable bonds is 6. The van der Waals surface area contributed by atoms with Gasteiger partial charge < -0.3 is 14.8 Å². The molecule has 0 atom stereocenters. The van der Waals surface area contributed by atoms with Crippen molar-refractivity contribution in [2.75, 3.05) is 11.9 Å². The van der Waals surface area contributed by atoms with Crippen molar-refractivity contribution < 1.29 is 14.3 Å². The summed E-state index contributed by atoms with van der Waals surface area (Å²) in [6.07, 6.45) is 0.0793. The van der Waals surface area contributed by atoms with E-state index in [-0.39, 0.29) is 18.6 Å². The molecule has 4 nitrogen and oxygen atoms in total. The summed E-state index contributed by atoms with van der Waals surface area (Å²) in [5.41, 5.74) is 2.52. The Kier molecular flexibility index (Phi) is 6.10. The van der Waals surface area contributed by atoms with Gasteiger partial charge in [0.15, 0.2) is 6.61 Å². The standard InChI is InChI=1S/C19H22ClNO3/c1-12(2)24-16-7-5-6-15(10-16)21-18(22)11-23-17-8-13(3)19(20)14(4)9-17/h5-10,12H,11H2,1-4H3,(H,21,22). The average Bonchev–Trinajstić information content (AvgIpc) is 2.50. The van der Waals surface area contributed by atoms with Crippen LogP contribution in [0, 0.1) is 13.8 Å². The van der Waals surface area contributed by atoms with Crippen molar-refractivity contribution in [3.63, 3.8) is 0 Å². The third-order valence-corrected chi connectivity index (χ3v) is 3.87. The highest BCUT2D eigenvalue weighted by atomic mass is 35.5. The van der Waals surface area contributed by atoms with Crippen molar-refractivity contribution in [3.05, 3.63) is 52.5 Å². The normalized spacial score (nSPS) is 10.6. The van der Waals surface area contributed by atoms with Crippen molar-refractivity contribution in [1.29, 1.82) is 0 Å². The van der Waals surface area contributed by atoms with Crippen molar-refractivity contribution >= 4 is 23.2 Å². The van der Waals surface area contributed by atoms with Gasteiger partial charge in [0.1, 0.15) is 11.5 Å². The summed E-state index contributed by atoms with van der Waals surface area (Å²) in [6, 6.07) is 10.9. The SMILES string of the molecule is Cc1cc(OCC(=O)Nc2cccc(OC(C)C)c2)cc(C)c1Cl. The molecule has 0 aliphatic heterocycles. The molecule has 0 aliphatic rings. The Morgan fingerprint density at radius 2 is 1.79 bits per heavy atom. The minimum absolute atomic E-state index is 0.0736. The molecule has 2 aromatic rings. The third kappa shape index (κ3) is 5.17. The van der Waals surface area contributed by atoms with Crippen LogP contribution in [0.4, 0.5) is 5.69 Å². The molecule has 0 saturated carbocycles. The first-order valence-corrected chi connectivity index (χ1v) is 8.19. The first kappa shape index (κ1) is 18.1. The number of carbonyl (C=O) groups excluding carboxylic acids is 1. The molecule has 0 fully saturated rings. The largest absolute Gasteiger partial charge is 0.491 e. The van der Waals surface area contributed by atoms with Crippen LogP contribution in [0.25, 0.3) is 0 Å². The zero-order valence-electron chi connectivity index (χ0n) is 14.4. The van der Waals surface area contributed by atoms with Crippen LogP contribution in [0.5, 0.6) is 11.5 Å². The first-order chi connectivity index (χ1) is 11.3. The number of nitrogens with one attached hydrogen (secondary N) is 1. The fourth-order valence-corrected chi connectivity index (χ4v) is 2.36. The number of carbonyl (C=O) groups is 1. The highest BCUT2D eigenvalue weighted by molar-refractivity contribution is 6.32. The zero-order chi connectivity index (χ0) is 17.7. The molecule has 0 unspecified atom stereocenters. The fourth-order valence-electron chi connectivity index (χ4n) is 2.25. The molecule has 5 heteroatoms. The molecule has 0 bridgehead atoms. The predicted octanol–water partition coefficient (Wildman–Crippen LogP) is 4.76. The molecule has 0 aliphatic carbocycles. The van der Waals surface area contributed by atoms with Crippen LogP contribution in [0.3, 0.4) is 0 Å². The summed E-state index contributed by atoms with van der Waals surface area (Å²) in [5, 5.41) is 3.51. The molecule has 0 spiro atoms. The molecule has 24 heavy (non-hydrogen) atoms. The number of aryl methyl sites for hydroxylation is 2. The van der Waals surface area contributed by atoms with Crippen LogP contribution in [0.2, 0.25) is 5.02 Å². The minimum Gasteiger partial charge on any atom is -0.491 e. The number of benzene rings is 2. The van der Waals surface area contributed by atoms with E-state index < -0.39 is 0 Å². The Hall–Kier alpha value is -2.20. The highest BCUT2D eigenvalue weighted by Gasteiger charge is 2.08. The number of hydrogen-bond acceptors (Lipinski definition) is 3. The van der Waals surface area contributed by atoms with Crippen LogP contribution >= 0.6 is 11.6 Å². The van der Waals surface area contributed by atoms with Gasteiger partial charge >= 0.3 is 0 Å². The number of hydrogen-bond donors (Lipinski definition) is 1. The molecule has 1 N–H and O–H groups in total. The zero-order valence-corrected chi connectivity index (χ0v) is 15.1. The van der Waals surface area contributed by atoms with E-state index in [1.54, 1.807) is 6.07 Å². The fraction of sp³-hybridized carbons (Fsp3) is 0.316. The van der Waals surface area contributed by atoms with Crippen molar-refractivity contribution in [2.24, 2.45) is 0 Å². The van der Waals surface area contributed by atoms with Gasteiger partial charge in [0.25, 0.3) is 5.91 Å². The highest BCUT2D eigenvalue weighted by Crippen LogP contribution is 2.26. The Balaban J connectivity index is 1.94. The van der Waals surface area contributed by atoms with E-state index in [9.17, 15) is 4.79 Å². The first-order valence-electron chi connectivity index (χ1n) is 7.81. The third-order valence-electron chi connectivity index (χ3n) is 3.27. The number of ether oxygens (including phenoxy) is 2. The number of halogens is 1. The quantitative estimate of drug-likeness (QED) is 0.819. The molecule has 1 amide bonds. The smallest absolute Gasteiger partial charge is 0.262 e. The Morgan fingerprint density at radius 3 is 2.42 bits per heavy atom. The molecular weight excluding hydrogens is 326 g/mol. The van der Waals surface area contributed by atoms with Crippen LogP contribution in [0.15, 0.2) is 36.4 Å². The topological polar surface area (TPSA) is 47.6 Å². The van der Waals surface area contributed by atoms with E-state index in [4.69, 9.17) is 21.1 Å². The maximum atomic E-state index is 12.1. The Bertz CT molecular complexity index is 705. The molecule has 0 heterocycles. The van der Waals surface area contributed by atoms with E-state index in [1.165, 1.54) is 0 Å². The van der Waals surface area contributed by atoms with Gasteiger partial charge in [-0.1, -0.05) is 17.7 Å². The maximum absolute atomic E-state index is 12.1. The lowest BCUT2D eigenvalue weighted by Gasteiger charge is -2.12. The lowest BCUT2D eigenvalue weighted by Crippen LogP contribution is -2.20. The average molecular weight is 348 g/mol. The lowest BCUT2D eigenvalue weighted by molar-refractivity contribution is -0.118. The monoisotopic (exact) mass is 347 g/mol. The molecule has 128 valence electrons. The van der Waals surface area contributed by atoms with Crippen LogP contribution in [0.1, 0.15) is 25.0 Å².